The fraction of sp³-hybridized carbons (Fsp3) is 0.267. The van der Waals surface area contributed by atoms with E-state index in [0.29, 0.717) is 6.61 Å². The van der Waals surface area contributed by atoms with Crippen molar-refractivity contribution in [1.29, 1.82) is 0 Å². The predicted octanol–water partition coefficient (Wildman–Crippen LogP) is 3.50. The summed E-state index contributed by atoms with van der Waals surface area (Å²) in [5.74, 6) is 1.60. The van der Waals surface area contributed by atoms with Crippen LogP contribution in [0.3, 0.4) is 0 Å². The van der Waals surface area contributed by atoms with Gasteiger partial charge in [0.05, 0.1) is 11.8 Å². The summed E-state index contributed by atoms with van der Waals surface area (Å²) in [5.41, 5.74) is 1.95. The molecule has 3 nitrogen and oxygen atoms in total. The monoisotopic (exact) mass is 241 g/mol. The molecular weight excluding hydrogens is 226 g/mol. The van der Waals surface area contributed by atoms with Gasteiger partial charge in [-0.3, -0.25) is 0 Å². The van der Waals surface area contributed by atoms with Crippen LogP contribution < -0.4 is 0 Å². The number of hydrogen-bond donors (Lipinski definition) is 0. The molecule has 18 heavy (non-hydrogen) atoms. The second kappa shape index (κ2) is 4.02. The smallest absolute Gasteiger partial charge is 0.216 e. The number of hydrogen-bond acceptors (Lipinski definition) is 3. The normalized spacial score (nSPS) is 17.3. The van der Waals surface area contributed by atoms with Crippen molar-refractivity contribution in [3.8, 4) is 11.3 Å². The van der Waals surface area contributed by atoms with E-state index in [1.807, 2.05) is 36.4 Å². The molecule has 2 heterocycles. The quantitative estimate of drug-likeness (QED) is 0.806. The van der Waals surface area contributed by atoms with Gasteiger partial charge in [-0.05, 0) is 38.1 Å². The van der Waals surface area contributed by atoms with E-state index in [4.69, 9.17) is 9.15 Å². The molecule has 0 saturated carbocycles. The first-order chi connectivity index (χ1) is 8.64. The second-order valence-corrected chi connectivity index (χ2v) is 5.07. The highest BCUT2D eigenvalue weighted by Gasteiger charge is 2.26. The molecule has 0 spiro atoms. The summed E-state index contributed by atoms with van der Waals surface area (Å²) in [5, 5.41) is 0. The number of nitrogens with zero attached hydrogens (tertiary/aromatic N) is 1. The summed E-state index contributed by atoms with van der Waals surface area (Å²) in [4.78, 5) is 4.55. The van der Waals surface area contributed by atoms with Crippen molar-refractivity contribution in [2.24, 2.45) is 4.99 Å². The van der Waals surface area contributed by atoms with Gasteiger partial charge in [-0.25, -0.2) is 4.99 Å². The number of rotatable bonds is 2. The lowest BCUT2D eigenvalue weighted by Crippen LogP contribution is -2.17. The number of furan rings is 1. The molecule has 1 aliphatic heterocycles. The third-order valence-electron chi connectivity index (χ3n) is 2.90. The standard InChI is InChI=1S/C15H15NO2/c1-15(2)10-18-14(16-15)12-7-5-11(6-8-12)13-4-3-9-17-13/h3-9H,10H2,1-2H3. The van der Waals surface area contributed by atoms with E-state index in [9.17, 15) is 0 Å². The molecule has 0 N–H and O–H groups in total. The van der Waals surface area contributed by atoms with Gasteiger partial charge in [0.15, 0.2) is 0 Å². The fourth-order valence-electron chi connectivity index (χ4n) is 1.95. The Morgan fingerprint density at radius 1 is 1.06 bits per heavy atom. The maximum atomic E-state index is 5.61. The minimum absolute atomic E-state index is 0.116. The number of aliphatic imine (C=N–C) groups is 1. The van der Waals surface area contributed by atoms with Crippen LogP contribution in [0.25, 0.3) is 11.3 Å². The van der Waals surface area contributed by atoms with Crippen molar-refractivity contribution in [1.82, 2.24) is 0 Å². The van der Waals surface area contributed by atoms with Crippen molar-refractivity contribution >= 4 is 5.90 Å². The van der Waals surface area contributed by atoms with Crippen LogP contribution in [-0.4, -0.2) is 18.0 Å². The lowest BCUT2D eigenvalue weighted by atomic mass is 10.1. The molecule has 3 rings (SSSR count). The van der Waals surface area contributed by atoms with E-state index in [0.717, 1.165) is 22.8 Å². The van der Waals surface area contributed by atoms with Gasteiger partial charge in [-0.1, -0.05) is 12.1 Å². The maximum Gasteiger partial charge on any atom is 0.216 e. The SMILES string of the molecule is CC1(C)COC(c2ccc(-c3ccco3)cc2)=N1. The molecular formula is C15H15NO2. The highest BCUT2D eigenvalue weighted by atomic mass is 16.5. The Labute approximate surface area is 106 Å². The summed E-state index contributed by atoms with van der Waals surface area (Å²) in [6.07, 6.45) is 1.68. The molecule has 0 bridgehead atoms. The molecule has 0 saturated heterocycles. The third-order valence-corrected chi connectivity index (χ3v) is 2.90. The number of benzene rings is 1. The zero-order valence-electron chi connectivity index (χ0n) is 10.5. The van der Waals surface area contributed by atoms with Gasteiger partial charge in [0, 0.05) is 11.1 Å². The topological polar surface area (TPSA) is 34.7 Å². The lowest BCUT2D eigenvalue weighted by Gasteiger charge is -2.07. The molecule has 0 fully saturated rings. The predicted molar refractivity (Wildman–Crippen MR) is 70.7 cm³/mol. The Kier molecular flexibility index (Phi) is 2.47. The zero-order chi connectivity index (χ0) is 12.6. The first kappa shape index (κ1) is 11.1. The van der Waals surface area contributed by atoms with E-state index in [-0.39, 0.29) is 5.54 Å². The Bertz CT molecular complexity index is 565. The van der Waals surface area contributed by atoms with E-state index in [2.05, 4.69) is 18.8 Å². The summed E-state index contributed by atoms with van der Waals surface area (Å²) in [6.45, 7) is 4.77. The van der Waals surface area contributed by atoms with Crippen LogP contribution >= 0.6 is 0 Å². The van der Waals surface area contributed by atoms with Gasteiger partial charge in [-0.2, -0.15) is 0 Å². The van der Waals surface area contributed by atoms with Gasteiger partial charge in [0.2, 0.25) is 5.90 Å². The minimum atomic E-state index is -0.116. The van der Waals surface area contributed by atoms with E-state index < -0.39 is 0 Å². The molecule has 1 aromatic heterocycles. The molecule has 3 heteroatoms. The first-order valence-corrected chi connectivity index (χ1v) is 6.01. The van der Waals surface area contributed by atoms with Crippen molar-refractivity contribution in [2.45, 2.75) is 19.4 Å². The van der Waals surface area contributed by atoms with Crippen LogP contribution in [0.15, 0.2) is 52.1 Å². The molecule has 0 amide bonds. The molecule has 0 aliphatic carbocycles. The lowest BCUT2D eigenvalue weighted by molar-refractivity contribution is 0.279. The average molecular weight is 241 g/mol. The number of ether oxygens (including phenoxy) is 1. The van der Waals surface area contributed by atoms with Crippen molar-refractivity contribution in [2.75, 3.05) is 6.61 Å². The van der Waals surface area contributed by atoms with Crippen LogP contribution in [0.5, 0.6) is 0 Å². The highest BCUT2D eigenvalue weighted by Crippen LogP contribution is 2.23. The van der Waals surface area contributed by atoms with Crippen molar-refractivity contribution < 1.29 is 9.15 Å². The van der Waals surface area contributed by atoms with Crippen LogP contribution in [0, 0.1) is 0 Å². The maximum absolute atomic E-state index is 5.61. The molecule has 0 unspecified atom stereocenters. The average Bonchev–Trinajstić information content (AvgIpc) is 2.98. The Morgan fingerprint density at radius 2 is 1.78 bits per heavy atom. The van der Waals surface area contributed by atoms with Crippen LogP contribution in [0.1, 0.15) is 19.4 Å². The molecule has 0 radical (unpaired) electrons. The molecule has 1 aliphatic rings. The molecule has 2 aromatic rings. The van der Waals surface area contributed by atoms with Crippen LogP contribution in [0.2, 0.25) is 0 Å². The van der Waals surface area contributed by atoms with Crippen molar-refractivity contribution in [3.05, 3.63) is 48.2 Å². The summed E-state index contributed by atoms with van der Waals surface area (Å²) < 4.78 is 11.0. The summed E-state index contributed by atoms with van der Waals surface area (Å²) >= 11 is 0. The molecule has 1 aromatic carbocycles. The summed E-state index contributed by atoms with van der Waals surface area (Å²) in [7, 11) is 0. The Morgan fingerprint density at radius 3 is 2.33 bits per heavy atom. The molecule has 0 atom stereocenters. The highest BCUT2D eigenvalue weighted by molar-refractivity contribution is 5.95. The Balaban J connectivity index is 1.88. The van der Waals surface area contributed by atoms with Gasteiger partial charge in [0.25, 0.3) is 0 Å². The van der Waals surface area contributed by atoms with Crippen LogP contribution in [0.4, 0.5) is 0 Å². The van der Waals surface area contributed by atoms with Gasteiger partial charge in [0.1, 0.15) is 12.4 Å². The van der Waals surface area contributed by atoms with E-state index in [1.54, 1.807) is 6.26 Å². The van der Waals surface area contributed by atoms with Gasteiger partial charge in [-0.15, -0.1) is 0 Å². The van der Waals surface area contributed by atoms with Crippen molar-refractivity contribution in [3.63, 3.8) is 0 Å². The molecule has 92 valence electrons. The largest absolute Gasteiger partial charge is 0.475 e. The van der Waals surface area contributed by atoms with Gasteiger partial charge >= 0.3 is 0 Å². The van der Waals surface area contributed by atoms with E-state index >= 15 is 0 Å². The zero-order valence-corrected chi connectivity index (χ0v) is 10.5. The Hall–Kier alpha value is -2.03. The second-order valence-electron chi connectivity index (χ2n) is 5.07. The van der Waals surface area contributed by atoms with Gasteiger partial charge < -0.3 is 9.15 Å². The van der Waals surface area contributed by atoms with Crippen LogP contribution in [-0.2, 0) is 4.74 Å². The third kappa shape index (κ3) is 2.04. The first-order valence-electron chi connectivity index (χ1n) is 6.01. The minimum Gasteiger partial charge on any atom is -0.475 e. The fourth-order valence-corrected chi connectivity index (χ4v) is 1.95. The summed E-state index contributed by atoms with van der Waals surface area (Å²) in [6, 6.07) is 11.9. The van der Waals surface area contributed by atoms with E-state index in [1.165, 1.54) is 0 Å².